The fourth-order valence-corrected chi connectivity index (χ4v) is 2.50. The fraction of sp³-hybridized carbons (Fsp3) is 0.353. The summed E-state index contributed by atoms with van der Waals surface area (Å²) < 4.78 is 11.6. The molecule has 24 heavy (non-hydrogen) atoms. The zero-order chi connectivity index (χ0) is 16.9. The summed E-state index contributed by atoms with van der Waals surface area (Å²) in [7, 11) is 0. The first-order valence-electron chi connectivity index (χ1n) is 7.83. The van der Waals surface area contributed by atoms with Crippen LogP contribution in [0.3, 0.4) is 0 Å². The lowest BCUT2D eigenvalue weighted by atomic mass is 10.1. The van der Waals surface area contributed by atoms with Crippen molar-refractivity contribution in [1.82, 2.24) is 14.9 Å². The molecule has 1 fully saturated rings. The Morgan fingerprint density at radius 2 is 1.96 bits per heavy atom. The van der Waals surface area contributed by atoms with Gasteiger partial charge in [0.1, 0.15) is 11.9 Å². The molecule has 126 valence electrons. The maximum Gasteiger partial charge on any atom is 0.407 e. The van der Waals surface area contributed by atoms with Crippen LogP contribution in [0.15, 0.2) is 36.5 Å². The molecule has 1 amide bonds. The molecule has 3 rings (SSSR count). The first kappa shape index (κ1) is 16.0. The van der Waals surface area contributed by atoms with Crippen LogP contribution in [-0.4, -0.2) is 45.3 Å². The molecule has 0 atom stereocenters. The third kappa shape index (κ3) is 3.92. The van der Waals surface area contributed by atoms with Crippen LogP contribution in [0.2, 0.25) is 0 Å². The second kappa shape index (κ2) is 7.16. The SMILES string of the molecule is Cc1cnc(Oc2ccccc2)nc1OC1CCN(C(=O)O)CC1. The third-order valence-corrected chi connectivity index (χ3v) is 3.85. The summed E-state index contributed by atoms with van der Waals surface area (Å²) in [4.78, 5) is 20.8. The van der Waals surface area contributed by atoms with Gasteiger partial charge in [0, 0.05) is 37.7 Å². The number of nitrogens with zero attached hydrogens (tertiary/aromatic N) is 3. The van der Waals surface area contributed by atoms with Gasteiger partial charge >= 0.3 is 12.1 Å². The molecule has 1 aromatic heterocycles. The molecule has 7 nitrogen and oxygen atoms in total. The second-order valence-corrected chi connectivity index (χ2v) is 5.64. The summed E-state index contributed by atoms with van der Waals surface area (Å²) in [6.07, 6.45) is 2.01. The van der Waals surface area contributed by atoms with Gasteiger partial charge < -0.3 is 19.5 Å². The molecule has 2 heterocycles. The van der Waals surface area contributed by atoms with Crippen molar-refractivity contribution in [3.63, 3.8) is 0 Å². The van der Waals surface area contributed by atoms with Gasteiger partial charge in [-0.15, -0.1) is 0 Å². The van der Waals surface area contributed by atoms with Crippen LogP contribution in [0, 0.1) is 6.92 Å². The summed E-state index contributed by atoms with van der Waals surface area (Å²) in [5.41, 5.74) is 0.816. The van der Waals surface area contributed by atoms with Crippen LogP contribution in [0.5, 0.6) is 17.6 Å². The van der Waals surface area contributed by atoms with Crippen molar-refractivity contribution in [1.29, 1.82) is 0 Å². The van der Waals surface area contributed by atoms with E-state index in [2.05, 4.69) is 9.97 Å². The molecule has 0 bridgehead atoms. The minimum Gasteiger partial charge on any atom is -0.474 e. The number of carbonyl (C=O) groups is 1. The zero-order valence-electron chi connectivity index (χ0n) is 13.4. The summed E-state index contributed by atoms with van der Waals surface area (Å²) in [5.74, 6) is 1.13. The van der Waals surface area contributed by atoms with Gasteiger partial charge in [0.15, 0.2) is 0 Å². The van der Waals surface area contributed by atoms with Crippen LogP contribution in [0.1, 0.15) is 18.4 Å². The Morgan fingerprint density at radius 3 is 2.62 bits per heavy atom. The topological polar surface area (TPSA) is 84.8 Å². The normalized spacial score (nSPS) is 15.1. The van der Waals surface area contributed by atoms with E-state index in [4.69, 9.17) is 14.6 Å². The van der Waals surface area contributed by atoms with Gasteiger partial charge in [-0.3, -0.25) is 0 Å². The van der Waals surface area contributed by atoms with Gasteiger partial charge in [-0.1, -0.05) is 18.2 Å². The number of aryl methyl sites for hydroxylation is 1. The van der Waals surface area contributed by atoms with E-state index in [0.29, 0.717) is 37.6 Å². The summed E-state index contributed by atoms with van der Waals surface area (Å²) >= 11 is 0. The van der Waals surface area contributed by atoms with Crippen LogP contribution in [0.25, 0.3) is 0 Å². The number of piperidine rings is 1. The molecular weight excluding hydrogens is 310 g/mol. The Balaban J connectivity index is 1.65. The predicted molar refractivity (Wildman–Crippen MR) is 86.5 cm³/mol. The van der Waals surface area contributed by atoms with E-state index in [0.717, 1.165) is 5.56 Å². The largest absolute Gasteiger partial charge is 0.474 e. The van der Waals surface area contributed by atoms with Crippen molar-refractivity contribution >= 4 is 6.09 Å². The van der Waals surface area contributed by atoms with E-state index in [1.165, 1.54) is 4.90 Å². The Hall–Kier alpha value is -2.83. The van der Waals surface area contributed by atoms with Gasteiger partial charge in [0.25, 0.3) is 0 Å². The number of likely N-dealkylation sites (tertiary alicyclic amines) is 1. The maximum atomic E-state index is 10.9. The first-order valence-corrected chi connectivity index (χ1v) is 7.83. The molecule has 0 saturated carbocycles. The number of aromatic nitrogens is 2. The Kier molecular flexibility index (Phi) is 4.79. The number of para-hydroxylation sites is 1. The van der Waals surface area contributed by atoms with Crippen molar-refractivity contribution in [3.05, 3.63) is 42.1 Å². The van der Waals surface area contributed by atoms with E-state index in [9.17, 15) is 4.79 Å². The average molecular weight is 329 g/mol. The van der Waals surface area contributed by atoms with E-state index in [1.54, 1.807) is 6.20 Å². The molecule has 0 unspecified atom stereocenters. The van der Waals surface area contributed by atoms with Gasteiger partial charge in [0.05, 0.1) is 0 Å². The van der Waals surface area contributed by atoms with Crippen molar-refractivity contribution in [2.45, 2.75) is 25.9 Å². The summed E-state index contributed by atoms with van der Waals surface area (Å²) in [6, 6.07) is 9.52. The highest BCUT2D eigenvalue weighted by atomic mass is 16.5. The average Bonchev–Trinajstić information content (AvgIpc) is 2.59. The molecule has 1 N–H and O–H groups in total. The molecular formula is C17H19N3O4. The molecule has 1 saturated heterocycles. The molecule has 1 aromatic carbocycles. The van der Waals surface area contributed by atoms with Crippen molar-refractivity contribution in [2.75, 3.05) is 13.1 Å². The minimum absolute atomic E-state index is 0.0567. The van der Waals surface area contributed by atoms with E-state index >= 15 is 0 Å². The minimum atomic E-state index is -0.884. The van der Waals surface area contributed by atoms with Crippen LogP contribution in [0.4, 0.5) is 4.79 Å². The van der Waals surface area contributed by atoms with Gasteiger partial charge in [-0.25, -0.2) is 9.78 Å². The molecule has 0 radical (unpaired) electrons. The number of ether oxygens (including phenoxy) is 2. The second-order valence-electron chi connectivity index (χ2n) is 5.64. The first-order chi connectivity index (χ1) is 11.6. The van der Waals surface area contributed by atoms with Crippen molar-refractivity contribution in [3.8, 4) is 17.6 Å². The number of amides is 1. The fourth-order valence-electron chi connectivity index (χ4n) is 2.50. The molecule has 1 aliphatic rings. The molecule has 0 aliphatic carbocycles. The molecule has 1 aliphatic heterocycles. The van der Waals surface area contributed by atoms with Crippen LogP contribution in [-0.2, 0) is 0 Å². The van der Waals surface area contributed by atoms with Crippen LogP contribution >= 0.6 is 0 Å². The smallest absolute Gasteiger partial charge is 0.407 e. The standard InChI is InChI=1S/C17H19N3O4/c1-12-11-18-16(24-13-5-3-2-4-6-13)19-15(12)23-14-7-9-20(10-8-14)17(21)22/h2-6,11,14H,7-10H2,1H3,(H,21,22). The number of hydrogen-bond donors (Lipinski definition) is 1. The van der Waals surface area contributed by atoms with Crippen molar-refractivity contribution < 1.29 is 19.4 Å². The Bertz CT molecular complexity index is 700. The summed E-state index contributed by atoms with van der Waals surface area (Å²) in [6.45, 7) is 2.81. The lowest BCUT2D eigenvalue weighted by Crippen LogP contribution is -2.41. The number of rotatable bonds is 4. The van der Waals surface area contributed by atoms with Gasteiger partial charge in [0.2, 0.25) is 5.88 Å². The summed E-state index contributed by atoms with van der Waals surface area (Å²) in [5, 5.41) is 8.98. The lowest BCUT2D eigenvalue weighted by Gasteiger charge is -2.30. The molecule has 0 spiro atoms. The number of carboxylic acid groups (broad SMARTS) is 1. The molecule has 7 heteroatoms. The van der Waals surface area contributed by atoms with E-state index in [-0.39, 0.29) is 12.1 Å². The highest BCUT2D eigenvalue weighted by molar-refractivity contribution is 5.65. The highest BCUT2D eigenvalue weighted by Crippen LogP contribution is 2.24. The Labute approximate surface area is 139 Å². The van der Waals surface area contributed by atoms with E-state index < -0.39 is 6.09 Å². The van der Waals surface area contributed by atoms with E-state index in [1.807, 2.05) is 37.3 Å². The lowest BCUT2D eigenvalue weighted by molar-refractivity contribution is 0.0862. The van der Waals surface area contributed by atoms with Gasteiger partial charge in [-0.2, -0.15) is 4.98 Å². The van der Waals surface area contributed by atoms with Crippen molar-refractivity contribution in [2.24, 2.45) is 0 Å². The molecule has 2 aromatic rings. The third-order valence-electron chi connectivity index (χ3n) is 3.85. The Morgan fingerprint density at radius 1 is 1.25 bits per heavy atom. The van der Waals surface area contributed by atoms with Gasteiger partial charge in [-0.05, 0) is 19.1 Å². The maximum absolute atomic E-state index is 10.9. The van der Waals surface area contributed by atoms with Crippen LogP contribution < -0.4 is 9.47 Å². The predicted octanol–water partition coefficient (Wildman–Crippen LogP) is 3.10. The highest BCUT2D eigenvalue weighted by Gasteiger charge is 2.24. The quantitative estimate of drug-likeness (QED) is 0.928. The number of benzene rings is 1. The monoisotopic (exact) mass is 329 g/mol. The number of hydrogen-bond acceptors (Lipinski definition) is 5. The zero-order valence-corrected chi connectivity index (χ0v) is 13.4.